The minimum Gasteiger partial charge on any atom is -0.294 e. The van der Waals surface area contributed by atoms with Gasteiger partial charge in [0.1, 0.15) is 0 Å². The Balaban J connectivity index is 2.64. The molecule has 0 bridgehead atoms. The summed E-state index contributed by atoms with van der Waals surface area (Å²) in [6.45, 7) is 10.1. The summed E-state index contributed by atoms with van der Waals surface area (Å²) in [5.41, 5.74) is 1.94. The van der Waals surface area contributed by atoms with Crippen molar-refractivity contribution in [2.45, 2.75) is 47.0 Å². The molecule has 70 valence electrons. The van der Waals surface area contributed by atoms with Crippen molar-refractivity contribution in [2.24, 2.45) is 16.3 Å². The Kier molecular flexibility index (Phi) is 2.92. The van der Waals surface area contributed by atoms with Gasteiger partial charge in [-0.05, 0) is 37.5 Å². The average Bonchev–Trinajstić information content (AvgIpc) is 1.82. The zero-order valence-corrected chi connectivity index (χ0v) is 8.85. The van der Waals surface area contributed by atoms with Gasteiger partial charge in [0.15, 0.2) is 0 Å². The van der Waals surface area contributed by atoms with Crippen molar-refractivity contribution in [3.8, 4) is 0 Å². The summed E-state index contributed by atoms with van der Waals surface area (Å²) in [7, 11) is 0. The van der Waals surface area contributed by atoms with Crippen molar-refractivity contribution in [1.82, 2.24) is 0 Å². The van der Waals surface area contributed by atoms with Crippen molar-refractivity contribution in [3.05, 3.63) is 0 Å². The van der Waals surface area contributed by atoms with E-state index < -0.39 is 0 Å². The van der Waals surface area contributed by atoms with Gasteiger partial charge < -0.3 is 0 Å². The molecular formula is C11H21N. The van der Waals surface area contributed by atoms with Crippen LogP contribution in [0.2, 0.25) is 0 Å². The molecule has 0 radical (unpaired) electrons. The largest absolute Gasteiger partial charge is 0.294 e. The fourth-order valence-corrected chi connectivity index (χ4v) is 2.46. The molecule has 12 heavy (non-hydrogen) atoms. The summed E-state index contributed by atoms with van der Waals surface area (Å²) in [5.74, 6) is 0.832. The van der Waals surface area contributed by atoms with E-state index in [0.29, 0.717) is 5.41 Å². The van der Waals surface area contributed by atoms with Gasteiger partial charge in [-0.1, -0.05) is 20.8 Å². The van der Waals surface area contributed by atoms with Crippen LogP contribution in [0.1, 0.15) is 47.0 Å². The normalized spacial score (nSPS) is 32.3. The van der Waals surface area contributed by atoms with Gasteiger partial charge >= 0.3 is 0 Å². The molecule has 1 nitrogen and oxygen atoms in total. The first kappa shape index (κ1) is 9.76. The van der Waals surface area contributed by atoms with Crippen LogP contribution in [0.25, 0.3) is 0 Å². The van der Waals surface area contributed by atoms with E-state index in [0.717, 1.165) is 12.5 Å². The van der Waals surface area contributed by atoms with Crippen LogP contribution < -0.4 is 0 Å². The van der Waals surface area contributed by atoms with Crippen LogP contribution in [0.15, 0.2) is 4.99 Å². The van der Waals surface area contributed by atoms with Gasteiger partial charge in [-0.25, -0.2) is 0 Å². The van der Waals surface area contributed by atoms with Crippen molar-refractivity contribution in [1.29, 1.82) is 0 Å². The second-order valence-electron chi connectivity index (χ2n) is 4.89. The Labute approximate surface area is 76.3 Å². The smallest absolute Gasteiger partial charge is 0.0360 e. The third-order valence-corrected chi connectivity index (χ3v) is 2.55. The lowest BCUT2D eigenvalue weighted by atomic mass is 9.72. The minimum atomic E-state index is 0.492. The highest BCUT2D eigenvalue weighted by atomic mass is 14.7. The molecule has 0 N–H and O–H groups in total. The van der Waals surface area contributed by atoms with Gasteiger partial charge in [-0.15, -0.1) is 0 Å². The topological polar surface area (TPSA) is 12.4 Å². The van der Waals surface area contributed by atoms with Crippen LogP contribution in [0.3, 0.4) is 0 Å². The first-order chi connectivity index (χ1) is 5.53. The molecule has 1 rings (SSSR count). The molecule has 0 amide bonds. The van der Waals surface area contributed by atoms with Crippen LogP contribution in [-0.4, -0.2) is 12.3 Å². The first-order valence-electron chi connectivity index (χ1n) is 5.06. The van der Waals surface area contributed by atoms with Gasteiger partial charge in [0.05, 0.1) is 0 Å². The van der Waals surface area contributed by atoms with Gasteiger partial charge in [0.25, 0.3) is 0 Å². The van der Waals surface area contributed by atoms with Gasteiger partial charge in [-0.3, -0.25) is 4.99 Å². The molecule has 0 aliphatic heterocycles. The van der Waals surface area contributed by atoms with E-state index in [-0.39, 0.29) is 0 Å². The fourth-order valence-electron chi connectivity index (χ4n) is 2.46. The SMILES string of the molecule is CCN=C1CC(C)CC(C)(C)C1. The molecule has 0 heterocycles. The highest BCUT2D eigenvalue weighted by Gasteiger charge is 2.28. The second kappa shape index (κ2) is 3.59. The van der Waals surface area contributed by atoms with Crippen LogP contribution in [0.5, 0.6) is 0 Å². The van der Waals surface area contributed by atoms with E-state index in [1.165, 1.54) is 25.0 Å². The lowest BCUT2D eigenvalue weighted by molar-refractivity contribution is 0.265. The highest BCUT2D eigenvalue weighted by molar-refractivity contribution is 5.86. The number of rotatable bonds is 1. The van der Waals surface area contributed by atoms with Gasteiger partial charge in [0, 0.05) is 12.3 Å². The third kappa shape index (κ3) is 2.62. The first-order valence-corrected chi connectivity index (χ1v) is 5.06. The summed E-state index contributed by atoms with van der Waals surface area (Å²) in [5, 5.41) is 0. The van der Waals surface area contributed by atoms with E-state index in [1.54, 1.807) is 0 Å². The average molecular weight is 167 g/mol. The highest BCUT2D eigenvalue weighted by Crippen LogP contribution is 2.36. The molecule has 0 saturated heterocycles. The molecule has 1 heteroatoms. The number of aliphatic imine (C=N–C) groups is 1. The molecule has 1 aliphatic rings. The minimum absolute atomic E-state index is 0.492. The maximum atomic E-state index is 4.55. The number of hydrogen-bond acceptors (Lipinski definition) is 1. The summed E-state index contributed by atoms with van der Waals surface area (Å²) >= 11 is 0. The van der Waals surface area contributed by atoms with Crippen molar-refractivity contribution >= 4 is 5.71 Å². The molecule has 0 spiro atoms. The molecule has 1 atom stereocenters. The summed E-state index contributed by atoms with van der Waals surface area (Å²) in [6.07, 6.45) is 3.80. The molecule has 1 saturated carbocycles. The lowest BCUT2D eigenvalue weighted by Crippen LogP contribution is -2.27. The molecule has 1 unspecified atom stereocenters. The predicted octanol–water partition coefficient (Wildman–Crippen LogP) is 3.29. The third-order valence-electron chi connectivity index (χ3n) is 2.55. The van der Waals surface area contributed by atoms with Gasteiger partial charge in [-0.2, -0.15) is 0 Å². The van der Waals surface area contributed by atoms with Crippen molar-refractivity contribution in [3.63, 3.8) is 0 Å². The molecule has 1 fully saturated rings. The van der Waals surface area contributed by atoms with Crippen molar-refractivity contribution < 1.29 is 0 Å². The van der Waals surface area contributed by atoms with Crippen LogP contribution in [0.4, 0.5) is 0 Å². The van der Waals surface area contributed by atoms with Crippen molar-refractivity contribution in [2.75, 3.05) is 6.54 Å². The number of hydrogen-bond donors (Lipinski definition) is 0. The van der Waals surface area contributed by atoms with E-state index in [2.05, 4.69) is 32.7 Å². The van der Waals surface area contributed by atoms with Crippen LogP contribution in [0, 0.1) is 11.3 Å². The molecule has 1 aliphatic carbocycles. The molecule has 0 aromatic rings. The van der Waals surface area contributed by atoms with Gasteiger partial charge in [0.2, 0.25) is 0 Å². The monoisotopic (exact) mass is 167 g/mol. The second-order valence-corrected chi connectivity index (χ2v) is 4.89. The van der Waals surface area contributed by atoms with Crippen LogP contribution in [-0.2, 0) is 0 Å². The summed E-state index contributed by atoms with van der Waals surface area (Å²) in [4.78, 5) is 4.55. The Bertz CT molecular complexity index is 179. The fraction of sp³-hybridized carbons (Fsp3) is 0.909. The zero-order chi connectivity index (χ0) is 9.19. The molecular weight excluding hydrogens is 146 g/mol. The maximum absolute atomic E-state index is 4.55. The van der Waals surface area contributed by atoms with Crippen LogP contribution >= 0.6 is 0 Å². The van der Waals surface area contributed by atoms with E-state index >= 15 is 0 Å². The Hall–Kier alpha value is -0.330. The van der Waals surface area contributed by atoms with E-state index in [1.807, 2.05) is 0 Å². The molecule has 0 aromatic heterocycles. The predicted molar refractivity (Wildman–Crippen MR) is 54.8 cm³/mol. The van der Waals surface area contributed by atoms with E-state index in [9.17, 15) is 0 Å². The number of nitrogens with zero attached hydrogens (tertiary/aromatic N) is 1. The summed E-state index contributed by atoms with van der Waals surface area (Å²) < 4.78 is 0. The Morgan fingerprint density at radius 3 is 2.67 bits per heavy atom. The quantitative estimate of drug-likeness (QED) is 0.568. The molecule has 0 aromatic carbocycles. The lowest BCUT2D eigenvalue weighted by Gasteiger charge is -2.34. The Morgan fingerprint density at radius 1 is 1.50 bits per heavy atom. The Morgan fingerprint density at radius 2 is 2.17 bits per heavy atom. The maximum Gasteiger partial charge on any atom is 0.0360 e. The van der Waals surface area contributed by atoms with E-state index in [4.69, 9.17) is 0 Å². The zero-order valence-electron chi connectivity index (χ0n) is 8.85. The standard InChI is InChI=1S/C11H21N/c1-5-12-10-6-9(2)7-11(3,4)8-10/h9H,5-8H2,1-4H3. The summed E-state index contributed by atoms with van der Waals surface area (Å²) in [6, 6.07) is 0.